The van der Waals surface area contributed by atoms with E-state index in [1.54, 1.807) is 11.1 Å². The molecule has 0 aliphatic heterocycles. The zero-order valence-corrected chi connectivity index (χ0v) is 12.4. The van der Waals surface area contributed by atoms with Crippen LogP contribution < -0.4 is 21.2 Å². The molecule has 1 rings (SSSR count). The third-order valence-electron chi connectivity index (χ3n) is 2.21. The van der Waals surface area contributed by atoms with Gasteiger partial charge in [0.25, 0.3) is 0 Å². The Hall–Kier alpha value is 0.680. The Balaban J connectivity index is 2.80. The summed E-state index contributed by atoms with van der Waals surface area (Å²) in [6.07, 6.45) is 7.02. The Morgan fingerprint density at radius 1 is 1.54 bits per heavy atom. The molecule has 0 bridgehead atoms. The molecule has 2 heteroatoms. The van der Waals surface area contributed by atoms with Crippen LogP contribution in [0.4, 0.5) is 0 Å². The first kappa shape index (κ1) is 11.8. The van der Waals surface area contributed by atoms with Crippen molar-refractivity contribution < 1.29 is 21.2 Å². The molecular formula is C11H15I2-. The molecule has 0 radical (unpaired) electrons. The molecule has 0 heterocycles. The van der Waals surface area contributed by atoms with Gasteiger partial charge in [-0.3, -0.25) is 0 Å². The summed E-state index contributed by atoms with van der Waals surface area (Å²) in [7, 11) is 0. The van der Waals surface area contributed by atoms with Crippen LogP contribution in [0.25, 0.3) is 0 Å². The van der Waals surface area contributed by atoms with Gasteiger partial charge in [0.1, 0.15) is 0 Å². The van der Waals surface area contributed by atoms with E-state index in [1.807, 2.05) is 0 Å². The topological polar surface area (TPSA) is 0 Å². The maximum absolute atomic E-state index is 2.36. The van der Waals surface area contributed by atoms with Gasteiger partial charge in [-0.2, -0.15) is 0 Å². The molecule has 0 aromatic rings. The van der Waals surface area contributed by atoms with E-state index >= 15 is 0 Å². The number of alkyl halides is 2. The van der Waals surface area contributed by atoms with E-state index in [9.17, 15) is 0 Å². The molecule has 1 aliphatic rings. The van der Waals surface area contributed by atoms with Gasteiger partial charge in [0, 0.05) is 0 Å². The number of hydrogen-bond acceptors (Lipinski definition) is 0. The number of rotatable bonds is 3. The predicted octanol–water partition coefficient (Wildman–Crippen LogP) is 0.691. The van der Waals surface area contributed by atoms with Crippen molar-refractivity contribution >= 4 is 22.6 Å². The third kappa shape index (κ3) is 3.38. The maximum atomic E-state index is 2.36. The number of halogens is 2. The fraction of sp³-hybridized carbons (Fsp3) is 0.455. The van der Waals surface area contributed by atoms with Gasteiger partial charge in [0.2, 0.25) is 0 Å². The molecule has 13 heavy (non-hydrogen) atoms. The van der Waals surface area contributed by atoms with Crippen LogP contribution in [0, 0.1) is 0 Å². The van der Waals surface area contributed by atoms with Gasteiger partial charge in [-0.15, -0.1) is 0 Å². The second-order valence-electron chi connectivity index (χ2n) is 3.08. The van der Waals surface area contributed by atoms with E-state index in [-0.39, 0.29) is 0 Å². The Kier molecular flexibility index (Phi) is 5.62. The van der Waals surface area contributed by atoms with Crippen LogP contribution in [0.5, 0.6) is 0 Å². The van der Waals surface area contributed by atoms with E-state index in [0.29, 0.717) is 21.2 Å². The first-order chi connectivity index (χ1) is 6.31. The SMILES string of the molecule is CCC1=C(C[I-]C)C=C/C(=C/I)C1. The number of hydrogen-bond donors (Lipinski definition) is 0. The van der Waals surface area contributed by atoms with Crippen molar-refractivity contribution in [2.45, 2.75) is 19.8 Å². The molecule has 0 saturated heterocycles. The summed E-state index contributed by atoms with van der Waals surface area (Å²) in [6, 6.07) is 0. The Morgan fingerprint density at radius 3 is 2.85 bits per heavy atom. The van der Waals surface area contributed by atoms with Gasteiger partial charge in [-0.25, -0.2) is 0 Å². The quantitative estimate of drug-likeness (QED) is 0.483. The van der Waals surface area contributed by atoms with Crippen LogP contribution in [0.1, 0.15) is 19.8 Å². The van der Waals surface area contributed by atoms with Gasteiger partial charge in [-0.05, 0) is 0 Å². The van der Waals surface area contributed by atoms with Crippen molar-refractivity contribution in [3.05, 3.63) is 33.0 Å². The van der Waals surface area contributed by atoms with Crippen LogP contribution >= 0.6 is 22.6 Å². The van der Waals surface area contributed by atoms with E-state index in [2.05, 4.69) is 50.7 Å². The standard InChI is InChI=1S/C11H15I2/c1-3-10-6-9(7-12)4-5-11(10)8-13-2/h4-5,7H,3,6,8H2,1-2H3/q-1/b9-7-. The zero-order chi connectivity index (χ0) is 9.68. The molecule has 1 aliphatic carbocycles. The van der Waals surface area contributed by atoms with Crippen LogP contribution in [-0.2, 0) is 0 Å². The molecule has 0 spiro atoms. The van der Waals surface area contributed by atoms with E-state index in [1.165, 1.54) is 22.8 Å². The molecule has 0 aromatic heterocycles. The Bertz CT molecular complexity index is 259. The molecule has 0 saturated carbocycles. The minimum atomic E-state index is 0.399. The van der Waals surface area contributed by atoms with Crippen LogP contribution in [0.3, 0.4) is 0 Å². The Morgan fingerprint density at radius 2 is 2.31 bits per heavy atom. The normalized spacial score (nSPS) is 20.4. The molecule has 0 N–H and O–H groups in total. The zero-order valence-electron chi connectivity index (χ0n) is 8.11. The summed E-state index contributed by atoms with van der Waals surface area (Å²) in [5, 5.41) is 0. The van der Waals surface area contributed by atoms with E-state index < -0.39 is 0 Å². The molecule has 0 fully saturated rings. The Labute approximate surface area is 105 Å². The van der Waals surface area contributed by atoms with Crippen molar-refractivity contribution in [3.63, 3.8) is 0 Å². The molecule has 74 valence electrons. The minimum absolute atomic E-state index is 0.399. The molecule has 0 amide bonds. The molecular weight excluding hydrogens is 386 g/mol. The summed E-state index contributed by atoms with van der Waals surface area (Å²) in [5.41, 5.74) is 4.75. The van der Waals surface area contributed by atoms with Gasteiger partial charge >= 0.3 is 106 Å². The van der Waals surface area contributed by atoms with E-state index in [0.717, 1.165) is 0 Å². The van der Waals surface area contributed by atoms with Crippen LogP contribution in [-0.4, -0.2) is 9.36 Å². The summed E-state index contributed by atoms with van der Waals surface area (Å²) < 4.78 is 3.55. The van der Waals surface area contributed by atoms with E-state index in [4.69, 9.17) is 0 Å². The fourth-order valence-corrected chi connectivity index (χ4v) is 3.50. The van der Waals surface area contributed by atoms with Gasteiger partial charge in [0.05, 0.1) is 0 Å². The second-order valence-corrected chi connectivity index (χ2v) is 5.99. The van der Waals surface area contributed by atoms with Crippen molar-refractivity contribution in [1.82, 2.24) is 0 Å². The van der Waals surface area contributed by atoms with Crippen molar-refractivity contribution in [2.75, 3.05) is 9.36 Å². The van der Waals surface area contributed by atoms with Crippen molar-refractivity contribution in [1.29, 1.82) is 0 Å². The summed E-state index contributed by atoms with van der Waals surface area (Å²) >= 11 is 2.73. The first-order valence-corrected chi connectivity index (χ1v) is 9.36. The van der Waals surface area contributed by atoms with Crippen molar-refractivity contribution in [3.8, 4) is 0 Å². The molecule has 0 nitrogen and oxygen atoms in total. The number of allylic oxidation sites excluding steroid dienone is 5. The summed E-state index contributed by atoms with van der Waals surface area (Å²) in [6.45, 7) is 2.27. The molecule has 0 unspecified atom stereocenters. The van der Waals surface area contributed by atoms with Gasteiger partial charge in [-0.1, -0.05) is 0 Å². The van der Waals surface area contributed by atoms with Crippen LogP contribution in [0.15, 0.2) is 33.0 Å². The molecule has 0 atom stereocenters. The van der Waals surface area contributed by atoms with Gasteiger partial charge < -0.3 is 0 Å². The first-order valence-electron chi connectivity index (χ1n) is 4.43. The van der Waals surface area contributed by atoms with Crippen molar-refractivity contribution in [2.24, 2.45) is 0 Å². The third-order valence-corrected chi connectivity index (χ3v) is 4.60. The van der Waals surface area contributed by atoms with Crippen LogP contribution in [0.2, 0.25) is 0 Å². The summed E-state index contributed by atoms with van der Waals surface area (Å²) in [5.74, 6) is 0. The predicted molar refractivity (Wildman–Crippen MR) is 64.0 cm³/mol. The van der Waals surface area contributed by atoms with Gasteiger partial charge in [0.15, 0.2) is 0 Å². The average molecular weight is 401 g/mol. The average Bonchev–Trinajstić information content (AvgIpc) is 2.19. The second kappa shape index (κ2) is 6.22. The summed E-state index contributed by atoms with van der Waals surface area (Å²) in [4.78, 5) is 2.36. The fourth-order valence-electron chi connectivity index (χ4n) is 1.45. The monoisotopic (exact) mass is 401 g/mol. The molecule has 0 aromatic carbocycles.